The van der Waals surface area contributed by atoms with Gasteiger partial charge in [0.1, 0.15) is 18.1 Å². The first-order chi connectivity index (χ1) is 9.11. The van der Waals surface area contributed by atoms with Gasteiger partial charge in [0.2, 0.25) is 5.91 Å². The van der Waals surface area contributed by atoms with Gasteiger partial charge < -0.3 is 19.8 Å². The second-order valence-electron chi connectivity index (χ2n) is 5.21. The Hall–Kier alpha value is -1.33. The van der Waals surface area contributed by atoms with Crippen LogP contribution in [0.25, 0.3) is 0 Å². The third-order valence-corrected chi connectivity index (χ3v) is 3.46. The Bertz CT molecular complexity index is 430. The van der Waals surface area contributed by atoms with Crippen molar-refractivity contribution < 1.29 is 13.9 Å². The molecule has 1 saturated carbocycles. The van der Waals surface area contributed by atoms with E-state index >= 15 is 0 Å². The molecule has 2 rings (SSSR count). The fourth-order valence-electron chi connectivity index (χ4n) is 2.07. The van der Waals surface area contributed by atoms with Crippen LogP contribution in [0, 0.1) is 5.92 Å². The van der Waals surface area contributed by atoms with Crippen LogP contribution in [0.3, 0.4) is 0 Å². The fourth-order valence-corrected chi connectivity index (χ4v) is 2.07. The Balaban J connectivity index is 1.79. The molecule has 1 fully saturated rings. The summed E-state index contributed by atoms with van der Waals surface area (Å²) >= 11 is 0. The highest BCUT2D eigenvalue weighted by molar-refractivity contribution is 5.77. The standard InChI is InChI=1S/C14H22N2O3/c1-10-7-12(10)13-4-3-11(19-13)8-16(2)14(17)9-18-6-5-15/h3-4,10,12H,5-9,15H2,1-2H3. The van der Waals surface area contributed by atoms with Gasteiger partial charge in [0, 0.05) is 19.5 Å². The predicted octanol–water partition coefficient (Wildman–Crippen LogP) is 1.34. The predicted molar refractivity (Wildman–Crippen MR) is 71.6 cm³/mol. The Morgan fingerprint density at radius 3 is 2.95 bits per heavy atom. The normalized spacial score (nSPS) is 21.4. The van der Waals surface area contributed by atoms with E-state index in [4.69, 9.17) is 14.9 Å². The molecule has 1 aromatic heterocycles. The quantitative estimate of drug-likeness (QED) is 0.756. The number of hydrogen-bond acceptors (Lipinski definition) is 4. The van der Waals surface area contributed by atoms with Gasteiger partial charge in [-0.3, -0.25) is 4.79 Å². The summed E-state index contributed by atoms with van der Waals surface area (Å²) in [7, 11) is 1.75. The van der Waals surface area contributed by atoms with Crippen LogP contribution in [0.4, 0.5) is 0 Å². The summed E-state index contributed by atoms with van der Waals surface area (Å²) in [5, 5.41) is 0. The number of hydrogen-bond donors (Lipinski definition) is 1. The van der Waals surface area contributed by atoms with Crippen LogP contribution in [0.15, 0.2) is 16.5 Å². The van der Waals surface area contributed by atoms with E-state index in [2.05, 4.69) is 6.92 Å². The zero-order valence-corrected chi connectivity index (χ0v) is 11.6. The van der Waals surface area contributed by atoms with E-state index in [1.807, 2.05) is 12.1 Å². The molecular weight excluding hydrogens is 244 g/mol. The second kappa shape index (κ2) is 6.21. The third kappa shape index (κ3) is 3.81. The lowest BCUT2D eigenvalue weighted by atomic mass is 10.3. The molecule has 1 aliphatic carbocycles. The molecular formula is C14H22N2O3. The van der Waals surface area contributed by atoms with E-state index in [9.17, 15) is 4.79 Å². The zero-order chi connectivity index (χ0) is 13.8. The van der Waals surface area contributed by atoms with E-state index in [-0.39, 0.29) is 12.5 Å². The van der Waals surface area contributed by atoms with Crippen LogP contribution < -0.4 is 5.73 Å². The molecule has 1 heterocycles. The van der Waals surface area contributed by atoms with Gasteiger partial charge in [-0.2, -0.15) is 0 Å². The average Bonchev–Trinajstić information content (AvgIpc) is 2.93. The van der Waals surface area contributed by atoms with Crippen LogP contribution in [0.1, 0.15) is 30.8 Å². The van der Waals surface area contributed by atoms with Crippen LogP contribution in [-0.2, 0) is 16.1 Å². The second-order valence-corrected chi connectivity index (χ2v) is 5.21. The molecule has 2 unspecified atom stereocenters. The van der Waals surface area contributed by atoms with Crippen molar-refractivity contribution in [3.05, 3.63) is 23.7 Å². The van der Waals surface area contributed by atoms with Crippen molar-refractivity contribution in [1.29, 1.82) is 0 Å². The Labute approximate surface area is 113 Å². The van der Waals surface area contributed by atoms with Gasteiger partial charge in [-0.05, 0) is 24.5 Å². The lowest BCUT2D eigenvalue weighted by Crippen LogP contribution is -2.30. The monoisotopic (exact) mass is 266 g/mol. The first-order valence-corrected chi connectivity index (χ1v) is 6.72. The van der Waals surface area contributed by atoms with E-state index < -0.39 is 0 Å². The first kappa shape index (κ1) is 14.1. The van der Waals surface area contributed by atoms with Crippen molar-refractivity contribution in [3.63, 3.8) is 0 Å². The maximum atomic E-state index is 11.7. The maximum Gasteiger partial charge on any atom is 0.248 e. The molecule has 0 spiro atoms. The molecule has 0 bridgehead atoms. The van der Waals surface area contributed by atoms with Crippen LogP contribution in [-0.4, -0.2) is 37.6 Å². The van der Waals surface area contributed by atoms with E-state index in [0.717, 1.165) is 17.4 Å². The number of carbonyl (C=O) groups excluding carboxylic acids is 1. The lowest BCUT2D eigenvalue weighted by Gasteiger charge is -2.15. The fraction of sp³-hybridized carbons (Fsp3) is 0.643. The van der Waals surface area contributed by atoms with Gasteiger partial charge in [-0.15, -0.1) is 0 Å². The third-order valence-electron chi connectivity index (χ3n) is 3.46. The minimum atomic E-state index is -0.0637. The molecule has 2 atom stereocenters. The highest BCUT2D eigenvalue weighted by Crippen LogP contribution is 2.47. The number of likely N-dealkylation sites (N-methyl/N-ethyl adjacent to an activating group) is 1. The van der Waals surface area contributed by atoms with Gasteiger partial charge in [0.15, 0.2) is 0 Å². The van der Waals surface area contributed by atoms with Crippen molar-refractivity contribution in [3.8, 4) is 0 Å². The van der Waals surface area contributed by atoms with Gasteiger partial charge >= 0.3 is 0 Å². The number of nitrogens with two attached hydrogens (primary N) is 1. The summed E-state index contributed by atoms with van der Waals surface area (Å²) in [5.41, 5.74) is 5.30. The molecule has 1 aliphatic rings. The topological polar surface area (TPSA) is 68.7 Å². The number of nitrogens with zero attached hydrogens (tertiary/aromatic N) is 1. The summed E-state index contributed by atoms with van der Waals surface area (Å²) in [6, 6.07) is 3.97. The van der Waals surface area contributed by atoms with E-state index in [1.54, 1.807) is 11.9 Å². The lowest BCUT2D eigenvalue weighted by molar-refractivity contribution is -0.135. The zero-order valence-electron chi connectivity index (χ0n) is 11.6. The van der Waals surface area contributed by atoms with Gasteiger partial charge in [0.05, 0.1) is 13.2 Å². The Morgan fingerprint density at radius 2 is 2.32 bits per heavy atom. The van der Waals surface area contributed by atoms with E-state index in [0.29, 0.717) is 25.6 Å². The molecule has 0 saturated heterocycles. The van der Waals surface area contributed by atoms with Crippen LogP contribution in [0.5, 0.6) is 0 Å². The summed E-state index contributed by atoms with van der Waals surface area (Å²) in [6.45, 7) is 3.60. The first-order valence-electron chi connectivity index (χ1n) is 6.72. The average molecular weight is 266 g/mol. The van der Waals surface area contributed by atoms with Crippen molar-refractivity contribution in [2.24, 2.45) is 11.7 Å². The largest absolute Gasteiger partial charge is 0.464 e. The minimum Gasteiger partial charge on any atom is -0.464 e. The van der Waals surface area contributed by atoms with Gasteiger partial charge in [0.25, 0.3) is 0 Å². The molecule has 2 N–H and O–H groups in total. The highest BCUT2D eigenvalue weighted by Gasteiger charge is 2.36. The van der Waals surface area contributed by atoms with Crippen LogP contribution >= 0.6 is 0 Å². The smallest absolute Gasteiger partial charge is 0.248 e. The summed E-state index contributed by atoms with van der Waals surface area (Å²) in [5.74, 6) is 3.10. The highest BCUT2D eigenvalue weighted by atomic mass is 16.5. The summed E-state index contributed by atoms with van der Waals surface area (Å²) in [4.78, 5) is 13.4. The van der Waals surface area contributed by atoms with Crippen LogP contribution in [0.2, 0.25) is 0 Å². The Morgan fingerprint density at radius 1 is 1.58 bits per heavy atom. The van der Waals surface area contributed by atoms with E-state index in [1.165, 1.54) is 6.42 Å². The van der Waals surface area contributed by atoms with Crippen molar-refractivity contribution in [2.75, 3.05) is 26.8 Å². The summed E-state index contributed by atoms with van der Waals surface area (Å²) in [6.07, 6.45) is 1.20. The molecule has 1 amide bonds. The summed E-state index contributed by atoms with van der Waals surface area (Å²) < 4.78 is 10.9. The molecule has 5 heteroatoms. The number of carbonyl (C=O) groups is 1. The Kier molecular flexibility index (Phi) is 4.61. The van der Waals surface area contributed by atoms with Crippen molar-refractivity contribution in [1.82, 2.24) is 4.90 Å². The van der Waals surface area contributed by atoms with Gasteiger partial charge in [-0.1, -0.05) is 6.92 Å². The number of rotatable bonds is 7. The molecule has 0 aromatic carbocycles. The molecule has 0 aliphatic heterocycles. The molecule has 19 heavy (non-hydrogen) atoms. The minimum absolute atomic E-state index is 0.0637. The molecule has 106 valence electrons. The van der Waals surface area contributed by atoms with Gasteiger partial charge in [-0.25, -0.2) is 0 Å². The maximum absolute atomic E-state index is 11.7. The number of amides is 1. The molecule has 5 nitrogen and oxygen atoms in total. The molecule has 1 aromatic rings. The number of ether oxygens (including phenoxy) is 1. The van der Waals surface area contributed by atoms with Crippen molar-refractivity contribution >= 4 is 5.91 Å². The van der Waals surface area contributed by atoms with Crippen molar-refractivity contribution in [2.45, 2.75) is 25.8 Å². The molecule has 0 radical (unpaired) electrons. The number of furan rings is 1. The SMILES string of the molecule is CC1CC1c1ccc(CN(C)C(=O)COCCN)o1.